The average Bonchev–Trinajstić information content (AvgIpc) is 2.55. The molecule has 3 amide bonds. The topological polar surface area (TPSA) is 90.0 Å². The molecular formula is C17H22FN3O4. The summed E-state index contributed by atoms with van der Waals surface area (Å²) in [6, 6.07) is 3.29. The van der Waals surface area contributed by atoms with Crippen molar-refractivity contribution in [2.45, 2.75) is 13.3 Å². The average molecular weight is 351 g/mol. The highest BCUT2D eigenvalue weighted by atomic mass is 19.1. The van der Waals surface area contributed by atoms with Crippen LogP contribution in [0.3, 0.4) is 0 Å². The Hall–Kier alpha value is -2.64. The van der Waals surface area contributed by atoms with Crippen molar-refractivity contribution in [2.24, 2.45) is 11.8 Å². The van der Waals surface area contributed by atoms with E-state index in [-0.39, 0.29) is 23.7 Å². The standard InChI is InChI=1S/C17H22FN3O4/c1-10-6-11(16(23)24)9-21(8-10)17(25)19-12-4-5-14(18)13(7-12)15(22)20(2)3/h4-5,7,10-11H,6,8-9H2,1-3H3,(H,19,25)(H,23,24). The number of nitrogens with one attached hydrogen (secondary N) is 1. The summed E-state index contributed by atoms with van der Waals surface area (Å²) in [4.78, 5) is 38.3. The van der Waals surface area contributed by atoms with E-state index in [0.717, 1.165) is 6.07 Å². The lowest BCUT2D eigenvalue weighted by molar-refractivity contribution is -0.143. The zero-order valence-electron chi connectivity index (χ0n) is 14.5. The van der Waals surface area contributed by atoms with E-state index in [1.165, 1.54) is 36.0 Å². The van der Waals surface area contributed by atoms with Crippen LogP contribution in [-0.4, -0.2) is 60.0 Å². The van der Waals surface area contributed by atoms with Gasteiger partial charge in [-0.25, -0.2) is 9.18 Å². The van der Waals surface area contributed by atoms with Crippen LogP contribution < -0.4 is 5.32 Å². The van der Waals surface area contributed by atoms with Crippen LogP contribution in [0.4, 0.5) is 14.9 Å². The quantitative estimate of drug-likeness (QED) is 0.873. The van der Waals surface area contributed by atoms with Crippen molar-refractivity contribution in [3.63, 3.8) is 0 Å². The summed E-state index contributed by atoms with van der Waals surface area (Å²) >= 11 is 0. The van der Waals surface area contributed by atoms with Crippen LogP contribution in [0.5, 0.6) is 0 Å². The number of carboxylic acid groups (broad SMARTS) is 1. The molecular weight excluding hydrogens is 329 g/mol. The Morgan fingerprint density at radius 1 is 1.28 bits per heavy atom. The second kappa shape index (κ2) is 7.50. The molecule has 0 aromatic heterocycles. The van der Waals surface area contributed by atoms with E-state index in [4.69, 9.17) is 0 Å². The summed E-state index contributed by atoms with van der Waals surface area (Å²) < 4.78 is 13.8. The van der Waals surface area contributed by atoms with Gasteiger partial charge in [-0.3, -0.25) is 9.59 Å². The number of carboxylic acids is 1. The van der Waals surface area contributed by atoms with Gasteiger partial charge in [0.15, 0.2) is 0 Å². The molecule has 0 radical (unpaired) electrons. The molecule has 2 N–H and O–H groups in total. The van der Waals surface area contributed by atoms with E-state index in [9.17, 15) is 23.9 Å². The summed E-state index contributed by atoms with van der Waals surface area (Å²) in [6.45, 7) is 2.46. The first-order chi connectivity index (χ1) is 11.7. The minimum atomic E-state index is -0.926. The molecule has 1 fully saturated rings. The van der Waals surface area contributed by atoms with Crippen LogP contribution >= 0.6 is 0 Å². The number of anilines is 1. The Labute approximate surface area is 145 Å². The van der Waals surface area contributed by atoms with Crippen molar-refractivity contribution in [2.75, 3.05) is 32.5 Å². The van der Waals surface area contributed by atoms with Crippen LogP contribution in [0.15, 0.2) is 18.2 Å². The number of carbonyl (C=O) groups excluding carboxylic acids is 2. The van der Waals surface area contributed by atoms with Crippen LogP contribution in [0.2, 0.25) is 0 Å². The van der Waals surface area contributed by atoms with Crippen molar-refractivity contribution < 1.29 is 23.9 Å². The molecule has 136 valence electrons. The number of piperidine rings is 1. The maximum atomic E-state index is 13.8. The zero-order valence-corrected chi connectivity index (χ0v) is 14.5. The number of hydrogen-bond acceptors (Lipinski definition) is 3. The first kappa shape index (κ1) is 18.7. The number of urea groups is 1. The zero-order chi connectivity index (χ0) is 18.7. The van der Waals surface area contributed by atoms with Crippen molar-refractivity contribution in [1.82, 2.24) is 9.80 Å². The summed E-state index contributed by atoms with van der Waals surface area (Å²) in [5, 5.41) is 11.8. The van der Waals surface area contributed by atoms with E-state index in [1.54, 1.807) is 0 Å². The highest BCUT2D eigenvalue weighted by Gasteiger charge is 2.32. The molecule has 0 bridgehead atoms. The summed E-state index contributed by atoms with van der Waals surface area (Å²) in [5.74, 6) is -2.64. The third-order valence-electron chi connectivity index (χ3n) is 4.15. The lowest BCUT2D eigenvalue weighted by atomic mass is 9.91. The van der Waals surface area contributed by atoms with Gasteiger partial charge >= 0.3 is 12.0 Å². The van der Waals surface area contributed by atoms with Crippen molar-refractivity contribution in [3.8, 4) is 0 Å². The molecule has 0 aliphatic carbocycles. The van der Waals surface area contributed by atoms with E-state index in [0.29, 0.717) is 13.0 Å². The Balaban J connectivity index is 2.13. The van der Waals surface area contributed by atoms with E-state index in [1.807, 2.05) is 6.92 Å². The van der Waals surface area contributed by atoms with Gasteiger partial charge in [0.1, 0.15) is 5.82 Å². The number of likely N-dealkylation sites (tertiary alicyclic amines) is 1. The van der Waals surface area contributed by atoms with Crippen LogP contribution in [-0.2, 0) is 4.79 Å². The monoisotopic (exact) mass is 351 g/mol. The molecule has 0 saturated carbocycles. The number of nitrogens with zero attached hydrogens (tertiary/aromatic N) is 2. The predicted octanol–water partition coefficient (Wildman–Crippen LogP) is 2.10. The Morgan fingerprint density at radius 3 is 2.56 bits per heavy atom. The minimum absolute atomic E-state index is 0.0692. The van der Waals surface area contributed by atoms with Crippen LogP contribution in [0, 0.1) is 17.7 Å². The van der Waals surface area contributed by atoms with Crippen molar-refractivity contribution in [3.05, 3.63) is 29.6 Å². The molecule has 2 atom stereocenters. The number of carbonyl (C=O) groups is 3. The highest BCUT2D eigenvalue weighted by Crippen LogP contribution is 2.23. The van der Waals surface area contributed by atoms with E-state index in [2.05, 4.69) is 5.32 Å². The number of amides is 3. The van der Waals surface area contributed by atoms with Crippen LogP contribution in [0.1, 0.15) is 23.7 Å². The molecule has 1 aliphatic heterocycles. The van der Waals surface area contributed by atoms with Gasteiger partial charge in [0.05, 0.1) is 11.5 Å². The third kappa shape index (κ3) is 4.46. The number of rotatable bonds is 3. The second-order valence-corrected chi connectivity index (χ2v) is 6.61. The molecule has 1 aromatic carbocycles. The maximum Gasteiger partial charge on any atom is 0.321 e. The normalized spacial score (nSPS) is 20.1. The minimum Gasteiger partial charge on any atom is -0.481 e. The Kier molecular flexibility index (Phi) is 5.61. The molecule has 2 unspecified atom stereocenters. The summed E-state index contributed by atoms with van der Waals surface area (Å²) in [7, 11) is 3.02. The van der Waals surface area contributed by atoms with Gasteiger partial charge in [-0.05, 0) is 30.5 Å². The van der Waals surface area contributed by atoms with E-state index < -0.39 is 29.6 Å². The van der Waals surface area contributed by atoms with E-state index >= 15 is 0 Å². The Bertz CT molecular complexity index is 692. The third-order valence-corrected chi connectivity index (χ3v) is 4.15. The SMILES string of the molecule is CC1CC(C(=O)O)CN(C(=O)Nc2ccc(F)c(C(=O)N(C)C)c2)C1. The molecule has 1 saturated heterocycles. The predicted molar refractivity (Wildman–Crippen MR) is 89.9 cm³/mol. The van der Waals surface area contributed by atoms with Crippen LogP contribution in [0.25, 0.3) is 0 Å². The van der Waals surface area contributed by atoms with Gasteiger partial charge in [0.25, 0.3) is 5.91 Å². The molecule has 2 rings (SSSR count). The number of aliphatic carboxylic acids is 1. The lowest BCUT2D eigenvalue weighted by Crippen LogP contribution is -2.47. The maximum absolute atomic E-state index is 13.8. The van der Waals surface area contributed by atoms with Gasteiger partial charge in [-0.2, -0.15) is 0 Å². The molecule has 7 nitrogen and oxygen atoms in total. The Morgan fingerprint density at radius 2 is 1.96 bits per heavy atom. The fraction of sp³-hybridized carbons (Fsp3) is 0.471. The van der Waals surface area contributed by atoms with Gasteiger partial charge in [0, 0.05) is 32.9 Å². The summed E-state index contributed by atoms with van der Waals surface area (Å²) in [6.07, 6.45) is 0.525. The second-order valence-electron chi connectivity index (χ2n) is 6.61. The highest BCUT2D eigenvalue weighted by molar-refractivity contribution is 5.97. The number of halogens is 1. The number of benzene rings is 1. The van der Waals surface area contributed by atoms with Gasteiger partial charge in [-0.1, -0.05) is 6.92 Å². The fourth-order valence-corrected chi connectivity index (χ4v) is 2.91. The lowest BCUT2D eigenvalue weighted by Gasteiger charge is -2.34. The van der Waals surface area contributed by atoms with Gasteiger partial charge < -0.3 is 20.2 Å². The molecule has 1 aliphatic rings. The number of hydrogen-bond donors (Lipinski definition) is 2. The molecule has 1 heterocycles. The van der Waals surface area contributed by atoms with Crippen molar-refractivity contribution in [1.29, 1.82) is 0 Å². The molecule has 25 heavy (non-hydrogen) atoms. The van der Waals surface area contributed by atoms with Gasteiger partial charge in [0.2, 0.25) is 0 Å². The largest absolute Gasteiger partial charge is 0.481 e. The first-order valence-electron chi connectivity index (χ1n) is 7.99. The molecule has 0 spiro atoms. The summed E-state index contributed by atoms with van der Waals surface area (Å²) in [5.41, 5.74) is 0.139. The smallest absolute Gasteiger partial charge is 0.321 e. The van der Waals surface area contributed by atoms with Gasteiger partial charge in [-0.15, -0.1) is 0 Å². The van der Waals surface area contributed by atoms with Crippen molar-refractivity contribution >= 4 is 23.6 Å². The molecule has 8 heteroatoms. The first-order valence-corrected chi connectivity index (χ1v) is 7.99. The molecule has 1 aromatic rings. The fourth-order valence-electron chi connectivity index (χ4n) is 2.91.